The van der Waals surface area contributed by atoms with Crippen LogP contribution in [0.4, 0.5) is 0 Å². The zero-order chi connectivity index (χ0) is 19.6. The molecule has 0 atom stereocenters. The largest absolute Gasteiger partial charge is 0.344 e. The number of nitrogens with one attached hydrogen (secondary N) is 1. The average Bonchev–Trinajstić information content (AvgIpc) is 2.68. The summed E-state index contributed by atoms with van der Waals surface area (Å²) in [5, 5.41) is 0. The normalized spacial score (nSPS) is 13.7. The van der Waals surface area contributed by atoms with E-state index in [0.29, 0.717) is 0 Å². The molecule has 0 rings (SSSR count). The molecule has 2 nitrogen and oxygen atoms in total. The lowest BCUT2D eigenvalue weighted by Gasteiger charge is -2.52. The van der Waals surface area contributed by atoms with Crippen LogP contribution in [0.5, 0.6) is 0 Å². The molecule has 152 valence electrons. The number of nitrogens with zero attached hydrogens (tertiary/aromatic N) is 1. The molecule has 0 heterocycles. The zero-order valence-electron chi connectivity index (χ0n) is 19.2. The van der Waals surface area contributed by atoms with E-state index in [-0.39, 0.29) is 0 Å². The van der Waals surface area contributed by atoms with Crippen LogP contribution in [0, 0.1) is 0 Å². The summed E-state index contributed by atoms with van der Waals surface area (Å²) in [4.78, 5) is 4.14. The van der Waals surface area contributed by atoms with Crippen molar-refractivity contribution < 1.29 is 0 Å². The minimum absolute atomic E-state index is 1.21. The van der Waals surface area contributed by atoms with Gasteiger partial charge in [-0.2, -0.15) is 0 Å². The first-order valence-corrected chi connectivity index (χ1v) is 19.2. The lowest BCUT2D eigenvalue weighted by molar-refractivity contribution is 0.566. The van der Waals surface area contributed by atoms with Gasteiger partial charge in [-0.25, -0.2) is 0 Å². The highest BCUT2D eigenvalue weighted by Gasteiger charge is 2.45. The molecule has 0 aromatic rings. The Morgan fingerprint density at radius 2 is 0.840 bits per heavy atom. The van der Waals surface area contributed by atoms with E-state index in [1.807, 2.05) is 0 Å². The first-order chi connectivity index (χ1) is 11.9. The summed E-state index contributed by atoms with van der Waals surface area (Å²) in [6, 6.07) is 12.8. The topological polar surface area (TPSA) is 15.3 Å². The average molecular weight is 403 g/mol. The molecule has 0 saturated heterocycles. The van der Waals surface area contributed by atoms with Crippen molar-refractivity contribution in [2.75, 3.05) is 13.1 Å². The Hall–Kier alpha value is 0.571. The van der Waals surface area contributed by atoms with Gasteiger partial charge < -0.3 is 9.21 Å². The van der Waals surface area contributed by atoms with Crippen LogP contribution in [0.2, 0.25) is 54.4 Å². The van der Waals surface area contributed by atoms with E-state index in [1.165, 1.54) is 67.5 Å². The molecule has 0 radical (unpaired) electrons. The van der Waals surface area contributed by atoms with Crippen LogP contribution in [0.3, 0.4) is 0 Å². The van der Waals surface area contributed by atoms with Crippen LogP contribution in [-0.4, -0.2) is 42.0 Å². The smallest absolute Gasteiger partial charge is 0.124 e. The number of hydrogen-bond acceptors (Lipinski definition) is 2. The van der Waals surface area contributed by atoms with Gasteiger partial charge in [-0.15, -0.1) is 0 Å². The van der Waals surface area contributed by atoms with Gasteiger partial charge >= 0.3 is 0 Å². The SMILES string of the molecule is CC[Si](CC)(CC)NCCN([Si](CC)(CC)CC)[Si](CC)(CC)CC. The second kappa shape index (κ2) is 12.1. The predicted octanol–water partition coefficient (Wildman–Crippen LogP) is 6.89. The number of hydrogen-bond donors (Lipinski definition) is 1. The summed E-state index contributed by atoms with van der Waals surface area (Å²) >= 11 is 0. The molecule has 0 fully saturated rings. The summed E-state index contributed by atoms with van der Waals surface area (Å²) in [5.74, 6) is 0. The molecule has 0 aliphatic carbocycles. The van der Waals surface area contributed by atoms with Crippen molar-refractivity contribution >= 4 is 24.7 Å². The fraction of sp³-hybridized carbons (Fsp3) is 1.00. The van der Waals surface area contributed by atoms with Crippen LogP contribution >= 0.6 is 0 Å². The zero-order valence-corrected chi connectivity index (χ0v) is 22.2. The Labute approximate surface area is 163 Å². The van der Waals surface area contributed by atoms with E-state index in [0.717, 1.165) is 0 Å². The Balaban J connectivity index is 5.55. The molecule has 0 saturated carbocycles. The van der Waals surface area contributed by atoms with Gasteiger partial charge in [0.05, 0.1) is 0 Å². The van der Waals surface area contributed by atoms with Crippen molar-refractivity contribution in [3.63, 3.8) is 0 Å². The molecule has 0 aliphatic heterocycles. The van der Waals surface area contributed by atoms with Crippen LogP contribution in [0.15, 0.2) is 0 Å². The van der Waals surface area contributed by atoms with Gasteiger partial charge in [0, 0.05) is 6.54 Å². The maximum absolute atomic E-state index is 4.14. The van der Waals surface area contributed by atoms with Crippen molar-refractivity contribution in [1.29, 1.82) is 0 Å². The van der Waals surface area contributed by atoms with E-state index in [4.69, 9.17) is 0 Å². The summed E-state index contributed by atoms with van der Waals surface area (Å²) in [6.07, 6.45) is 0. The Kier molecular flexibility index (Phi) is 12.4. The van der Waals surface area contributed by atoms with Gasteiger partial charge in [-0.1, -0.05) is 62.3 Å². The highest BCUT2D eigenvalue weighted by atomic mass is 28.4. The first kappa shape index (κ1) is 25.6. The van der Waals surface area contributed by atoms with Gasteiger partial charge in [-0.05, 0) is 60.9 Å². The van der Waals surface area contributed by atoms with Crippen molar-refractivity contribution in [3.05, 3.63) is 0 Å². The second-order valence-corrected chi connectivity index (χ2v) is 23.7. The molecular formula is C20H50N2Si3. The quantitative estimate of drug-likeness (QED) is 0.300. The Bertz CT molecular complexity index is 293. The number of rotatable bonds is 15. The molecule has 0 aromatic carbocycles. The van der Waals surface area contributed by atoms with Crippen LogP contribution in [0.1, 0.15) is 62.3 Å². The standard InChI is InChI=1S/C20H50N2Si3/c1-10-23(11-2,12-3)21-19-20-22(24(13-4,14-5)15-6)25(16-7,17-8)18-9/h21H,10-20H2,1-9H3. The molecule has 0 amide bonds. The molecule has 1 N–H and O–H groups in total. The van der Waals surface area contributed by atoms with Gasteiger partial charge in [0.25, 0.3) is 0 Å². The summed E-state index contributed by atoms with van der Waals surface area (Å²) < 4.78 is 3.23. The lowest BCUT2D eigenvalue weighted by Crippen LogP contribution is -2.67. The van der Waals surface area contributed by atoms with E-state index in [9.17, 15) is 0 Å². The summed E-state index contributed by atoms with van der Waals surface area (Å²) in [5.41, 5.74) is 0. The van der Waals surface area contributed by atoms with E-state index in [2.05, 4.69) is 71.5 Å². The van der Waals surface area contributed by atoms with Gasteiger partial charge in [0.2, 0.25) is 0 Å². The first-order valence-electron chi connectivity index (χ1n) is 11.4. The molecule has 0 aromatic heterocycles. The maximum atomic E-state index is 4.14. The van der Waals surface area contributed by atoms with Gasteiger partial charge in [-0.3, -0.25) is 0 Å². The van der Waals surface area contributed by atoms with Gasteiger partial charge in [0.1, 0.15) is 24.7 Å². The molecular weight excluding hydrogens is 352 g/mol. The van der Waals surface area contributed by atoms with Crippen molar-refractivity contribution in [2.45, 2.75) is 117 Å². The molecule has 0 bridgehead atoms. The maximum Gasteiger partial charge on any atom is 0.124 e. The fourth-order valence-electron chi connectivity index (χ4n) is 5.18. The summed E-state index contributed by atoms with van der Waals surface area (Å²) in [6.45, 7) is 24.7. The lowest BCUT2D eigenvalue weighted by atomic mass is 10.7. The minimum atomic E-state index is -1.30. The molecule has 25 heavy (non-hydrogen) atoms. The minimum Gasteiger partial charge on any atom is -0.344 e. The van der Waals surface area contributed by atoms with E-state index in [1.54, 1.807) is 0 Å². The highest BCUT2D eigenvalue weighted by Crippen LogP contribution is 2.35. The third kappa shape index (κ3) is 5.77. The predicted molar refractivity (Wildman–Crippen MR) is 126 cm³/mol. The van der Waals surface area contributed by atoms with Crippen molar-refractivity contribution in [2.24, 2.45) is 0 Å². The molecule has 0 spiro atoms. The summed E-state index contributed by atoms with van der Waals surface area (Å²) in [7, 11) is -3.81. The van der Waals surface area contributed by atoms with Crippen molar-refractivity contribution in [1.82, 2.24) is 9.21 Å². The van der Waals surface area contributed by atoms with E-state index >= 15 is 0 Å². The molecule has 0 aliphatic rings. The van der Waals surface area contributed by atoms with Crippen LogP contribution < -0.4 is 4.98 Å². The highest BCUT2D eigenvalue weighted by molar-refractivity contribution is 6.92. The van der Waals surface area contributed by atoms with Crippen LogP contribution in [0.25, 0.3) is 0 Å². The third-order valence-corrected chi connectivity index (χ3v) is 26.5. The van der Waals surface area contributed by atoms with Gasteiger partial charge in [0.15, 0.2) is 0 Å². The molecule has 5 heteroatoms. The third-order valence-electron chi connectivity index (χ3n) is 7.96. The fourth-order valence-corrected chi connectivity index (χ4v) is 21.4. The second-order valence-electron chi connectivity index (χ2n) is 7.99. The Morgan fingerprint density at radius 3 is 1.08 bits per heavy atom. The van der Waals surface area contributed by atoms with Crippen molar-refractivity contribution in [3.8, 4) is 0 Å². The molecule has 0 unspecified atom stereocenters. The van der Waals surface area contributed by atoms with E-state index < -0.39 is 24.7 Å². The van der Waals surface area contributed by atoms with Crippen LogP contribution in [-0.2, 0) is 0 Å². The monoisotopic (exact) mass is 402 g/mol. The Morgan fingerprint density at radius 1 is 0.520 bits per heavy atom.